The van der Waals surface area contributed by atoms with Crippen LogP contribution in [-0.4, -0.2) is 18.0 Å². The molecule has 1 aromatic rings. The Morgan fingerprint density at radius 3 is 2.76 bits per heavy atom. The third-order valence-electron chi connectivity index (χ3n) is 3.26. The number of rotatable bonds is 1. The Morgan fingerprint density at radius 1 is 1.18 bits per heavy atom. The number of hydrogen-bond donors (Lipinski definition) is 0. The van der Waals surface area contributed by atoms with Crippen molar-refractivity contribution < 1.29 is 9.47 Å². The molecule has 0 bridgehead atoms. The lowest BCUT2D eigenvalue weighted by Crippen LogP contribution is -2.24. The van der Waals surface area contributed by atoms with Crippen molar-refractivity contribution in [2.24, 2.45) is 0 Å². The number of ether oxygens (including phenoxy) is 2. The fourth-order valence-electron chi connectivity index (χ4n) is 2.60. The Bertz CT molecular complexity index is 467. The third-order valence-corrected chi connectivity index (χ3v) is 3.75. The zero-order valence-corrected chi connectivity index (χ0v) is 11.5. The Hall–Kier alpha value is -0.640. The van der Waals surface area contributed by atoms with Gasteiger partial charge in [-0.25, -0.2) is 0 Å². The van der Waals surface area contributed by atoms with Gasteiger partial charge in [-0.15, -0.1) is 0 Å². The van der Waals surface area contributed by atoms with E-state index in [0.717, 1.165) is 4.47 Å². The minimum atomic E-state index is -0.468. The molecule has 0 unspecified atom stereocenters. The summed E-state index contributed by atoms with van der Waals surface area (Å²) in [6.07, 6.45) is 4.51. The van der Waals surface area contributed by atoms with Crippen molar-refractivity contribution in [3.05, 3.63) is 46.5 Å². The summed E-state index contributed by atoms with van der Waals surface area (Å²) >= 11 is 3.51. The Balaban J connectivity index is 1.89. The first-order valence-electron chi connectivity index (χ1n) is 5.85. The van der Waals surface area contributed by atoms with Crippen LogP contribution < -0.4 is 0 Å². The van der Waals surface area contributed by atoms with Crippen LogP contribution in [0.25, 0.3) is 0 Å². The van der Waals surface area contributed by atoms with E-state index in [1.165, 1.54) is 5.56 Å². The molecule has 1 aromatic carbocycles. The molecule has 2 aliphatic rings. The monoisotopic (exact) mass is 294 g/mol. The molecule has 0 spiro atoms. The maximum absolute atomic E-state index is 5.98. The molecule has 1 fully saturated rings. The Labute approximate surface area is 110 Å². The Morgan fingerprint density at radius 2 is 2.00 bits per heavy atom. The van der Waals surface area contributed by atoms with E-state index in [1.807, 2.05) is 19.9 Å². The summed E-state index contributed by atoms with van der Waals surface area (Å²) < 4.78 is 12.9. The molecule has 1 saturated heterocycles. The van der Waals surface area contributed by atoms with Gasteiger partial charge in [0.2, 0.25) is 0 Å². The van der Waals surface area contributed by atoms with Gasteiger partial charge >= 0.3 is 0 Å². The highest BCUT2D eigenvalue weighted by Gasteiger charge is 2.46. The standard InChI is InChI=1S/C14H15BrO2/c1-14(2)16-12-7-6-11(13(12)17-14)9-4-3-5-10(15)8-9/h3-8,11-13H,1-2H3/t11-,12+,13-/m0/s1. The van der Waals surface area contributed by atoms with Crippen molar-refractivity contribution in [3.63, 3.8) is 0 Å². The predicted octanol–water partition coefficient (Wildman–Crippen LogP) is 3.62. The van der Waals surface area contributed by atoms with E-state index in [9.17, 15) is 0 Å². The van der Waals surface area contributed by atoms with Crippen LogP contribution in [0.1, 0.15) is 25.3 Å². The van der Waals surface area contributed by atoms with Gasteiger partial charge in [0.25, 0.3) is 0 Å². The molecule has 0 radical (unpaired) electrons. The van der Waals surface area contributed by atoms with Gasteiger partial charge < -0.3 is 9.47 Å². The average molecular weight is 295 g/mol. The van der Waals surface area contributed by atoms with Crippen LogP contribution >= 0.6 is 15.9 Å². The van der Waals surface area contributed by atoms with Crippen molar-refractivity contribution in [2.75, 3.05) is 0 Å². The summed E-state index contributed by atoms with van der Waals surface area (Å²) in [6.45, 7) is 3.94. The van der Waals surface area contributed by atoms with Crippen molar-refractivity contribution in [2.45, 2.75) is 37.8 Å². The maximum atomic E-state index is 5.98. The highest BCUT2D eigenvalue weighted by Crippen LogP contribution is 2.42. The smallest absolute Gasteiger partial charge is 0.164 e. The van der Waals surface area contributed by atoms with Gasteiger partial charge in [0.1, 0.15) is 12.2 Å². The normalized spacial score (nSPS) is 33.9. The number of hydrogen-bond acceptors (Lipinski definition) is 2. The number of benzene rings is 1. The van der Waals surface area contributed by atoms with Gasteiger partial charge in [-0.2, -0.15) is 0 Å². The van der Waals surface area contributed by atoms with E-state index >= 15 is 0 Å². The van der Waals surface area contributed by atoms with E-state index in [2.05, 4.69) is 46.3 Å². The molecule has 2 nitrogen and oxygen atoms in total. The van der Waals surface area contributed by atoms with E-state index in [1.54, 1.807) is 0 Å². The van der Waals surface area contributed by atoms with Gasteiger partial charge in [-0.05, 0) is 31.5 Å². The number of fused-ring (bicyclic) bond motifs is 1. The highest BCUT2D eigenvalue weighted by molar-refractivity contribution is 9.10. The van der Waals surface area contributed by atoms with Gasteiger partial charge in [-0.1, -0.05) is 40.2 Å². The van der Waals surface area contributed by atoms with E-state index < -0.39 is 5.79 Å². The lowest BCUT2D eigenvalue weighted by atomic mass is 9.96. The minimum absolute atomic E-state index is 0.0916. The van der Waals surface area contributed by atoms with Gasteiger partial charge in [0.15, 0.2) is 5.79 Å². The fourth-order valence-corrected chi connectivity index (χ4v) is 3.01. The summed E-state index contributed by atoms with van der Waals surface area (Å²) in [5.41, 5.74) is 1.27. The van der Waals surface area contributed by atoms with E-state index in [0.29, 0.717) is 5.92 Å². The number of halogens is 1. The zero-order valence-electron chi connectivity index (χ0n) is 9.89. The van der Waals surface area contributed by atoms with Crippen LogP contribution in [-0.2, 0) is 9.47 Å². The van der Waals surface area contributed by atoms with Crippen molar-refractivity contribution >= 4 is 15.9 Å². The summed E-state index contributed by atoms with van der Waals surface area (Å²) in [5, 5.41) is 0. The first kappa shape index (κ1) is 11.5. The van der Waals surface area contributed by atoms with Crippen LogP contribution in [0.4, 0.5) is 0 Å². The van der Waals surface area contributed by atoms with Crippen molar-refractivity contribution in [1.82, 2.24) is 0 Å². The second-order valence-electron chi connectivity index (χ2n) is 5.03. The van der Waals surface area contributed by atoms with Crippen LogP contribution in [0.2, 0.25) is 0 Å². The maximum Gasteiger partial charge on any atom is 0.164 e. The topological polar surface area (TPSA) is 18.5 Å². The molecule has 17 heavy (non-hydrogen) atoms. The van der Waals surface area contributed by atoms with Crippen molar-refractivity contribution in [3.8, 4) is 0 Å². The lowest BCUT2D eigenvalue weighted by molar-refractivity contribution is -0.145. The van der Waals surface area contributed by atoms with E-state index in [4.69, 9.17) is 9.47 Å². The van der Waals surface area contributed by atoms with E-state index in [-0.39, 0.29) is 12.2 Å². The summed E-state index contributed by atoms with van der Waals surface area (Å²) in [4.78, 5) is 0. The molecular weight excluding hydrogens is 280 g/mol. The average Bonchev–Trinajstić information content (AvgIpc) is 2.72. The first-order chi connectivity index (χ1) is 8.05. The third kappa shape index (κ3) is 2.07. The Kier molecular flexibility index (Phi) is 2.65. The SMILES string of the molecule is CC1(C)O[C@@H]2[C@@H](C=C[C@H]2c2cccc(Br)c2)O1. The largest absolute Gasteiger partial charge is 0.343 e. The quantitative estimate of drug-likeness (QED) is 0.737. The molecule has 3 rings (SSSR count). The van der Waals surface area contributed by atoms with Crippen LogP contribution in [0.5, 0.6) is 0 Å². The van der Waals surface area contributed by atoms with Gasteiger partial charge in [0.05, 0.1) is 0 Å². The fraction of sp³-hybridized carbons (Fsp3) is 0.429. The zero-order chi connectivity index (χ0) is 12.0. The molecule has 1 aliphatic heterocycles. The molecule has 0 saturated carbocycles. The van der Waals surface area contributed by atoms with Gasteiger partial charge in [0, 0.05) is 10.4 Å². The molecule has 1 heterocycles. The molecule has 3 atom stereocenters. The molecule has 90 valence electrons. The molecular formula is C14H15BrO2. The molecule has 0 N–H and O–H groups in total. The predicted molar refractivity (Wildman–Crippen MR) is 69.8 cm³/mol. The molecule has 1 aliphatic carbocycles. The van der Waals surface area contributed by atoms with Crippen LogP contribution in [0.15, 0.2) is 40.9 Å². The second-order valence-corrected chi connectivity index (χ2v) is 5.95. The summed E-state index contributed by atoms with van der Waals surface area (Å²) in [6, 6.07) is 8.38. The highest BCUT2D eigenvalue weighted by atomic mass is 79.9. The van der Waals surface area contributed by atoms with Crippen LogP contribution in [0, 0.1) is 0 Å². The molecule has 3 heteroatoms. The summed E-state index contributed by atoms with van der Waals surface area (Å²) in [5.74, 6) is -0.177. The lowest BCUT2D eigenvalue weighted by Gasteiger charge is -2.21. The molecule has 0 amide bonds. The van der Waals surface area contributed by atoms with Gasteiger partial charge in [-0.3, -0.25) is 0 Å². The van der Waals surface area contributed by atoms with Crippen molar-refractivity contribution in [1.29, 1.82) is 0 Å². The van der Waals surface area contributed by atoms with Crippen LogP contribution in [0.3, 0.4) is 0 Å². The summed E-state index contributed by atoms with van der Waals surface area (Å²) in [7, 11) is 0. The molecule has 0 aromatic heterocycles. The second kappa shape index (κ2) is 3.94. The minimum Gasteiger partial charge on any atom is -0.343 e. The first-order valence-corrected chi connectivity index (χ1v) is 6.64.